The van der Waals surface area contributed by atoms with Gasteiger partial charge in [0.15, 0.2) is 5.78 Å². The molecule has 92 valence electrons. The SMILES string of the molecule is COc1ccc(C(=O)c2cccc(Br)c2)c(C)c1. The number of halogens is 1. The lowest BCUT2D eigenvalue weighted by molar-refractivity contribution is 0.103. The number of carbonyl (C=O) groups excluding carboxylic acids is 1. The van der Waals surface area contributed by atoms with E-state index >= 15 is 0 Å². The first-order valence-corrected chi connectivity index (χ1v) is 6.36. The molecule has 2 nitrogen and oxygen atoms in total. The summed E-state index contributed by atoms with van der Waals surface area (Å²) in [5.74, 6) is 0.787. The Morgan fingerprint density at radius 3 is 2.56 bits per heavy atom. The summed E-state index contributed by atoms with van der Waals surface area (Å²) in [6.45, 7) is 1.91. The number of ether oxygens (including phenoxy) is 1. The van der Waals surface area contributed by atoms with E-state index in [2.05, 4.69) is 15.9 Å². The summed E-state index contributed by atoms with van der Waals surface area (Å²) < 4.78 is 6.04. The van der Waals surface area contributed by atoms with Crippen molar-refractivity contribution in [1.82, 2.24) is 0 Å². The molecule has 3 heteroatoms. The summed E-state index contributed by atoms with van der Waals surface area (Å²) in [7, 11) is 1.62. The molecular weight excluding hydrogens is 292 g/mol. The molecule has 2 aromatic rings. The molecule has 0 saturated heterocycles. The summed E-state index contributed by atoms with van der Waals surface area (Å²) in [6, 6.07) is 12.9. The molecule has 0 fully saturated rings. The standard InChI is InChI=1S/C15H13BrO2/c1-10-8-13(18-2)6-7-14(10)15(17)11-4-3-5-12(16)9-11/h3-9H,1-2H3. The van der Waals surface area contributed by atoms with Crippen LogP contribution in [0.3, 0.4) is 0 Å². The van der Waals surface area contributed by atoms with Crippen LogP contribution < -0.4 is 4.74 Å². The number of hydrogen-bond acceptors (Lipinski definition) is 2. The van der Waals surface area contributed by atoms with Crippen molar-refractivity contribution in [1.29, 1.82) is 0 Å². The van der Waals surface area contributed by atoms with Gasteiger partial charge >= 0.3 is 0 Å². The van der Waals surface area contributed by atoms with Crippen LogP contribution in [0.25, 0.3) is 0 Å². The van der Waals surface area contributed by atoms with Crippen LogP contribution in [0.4, 0.5) is 0 Å². The number of ketones is 1. The lowest BCUT2D eigenvalue weighted by Crippen LogP contribution is -2.03. The van der Waals surface area contributed by atoms with Crippen molar-refractivity contribution < 1.29 is 9.53 Å². The molecular formula is C15H13BrO2. The molecule has 0 saturated carbocycles. The van der Waals surface area contributed by atoms with Crippen LogP contribution in [-0.2, 0) is 0 Å². The molecule has 0 amide bonds. The van der Waals surface area contributed by atoms with Gasteiger partial charge in [-0.25, -0.2) is 0 Å². The van der Waals surface area contributed by atoms with E-state index in [1.165, 1.54) is 0 Å². The first-order chi connectivity index (χ1) is 8.61. The highest BCUT2D eigenvalue weighted by Gasteiger charge is 2.12. The van der Waals surface area contributed by atoms with E-state index in [1.807, 2.05) is 37.3 Å². The van der Waals surface area contributed by atoms with Gasteiger partial charge in [0.25, 0.3) is 0 Å². The van der Waals surface area contributed by atoms with Crippen LogP contribution in [0.1, 0.15) is 21.5 Å². The molecule has 0 spiro atoms. The summed E-state index contributed by atoms with van der Waals surface area (Å²) in [4.78, 5) is 12.4. The second-order valence-electron chi connectivity index (χ2n) is 4.02. The quantitative estimate of drug-likeness (QED) is 0.801. The lowest BCUT2D eigenvalue weighted by Gasteiger charge is -2.07. The van der Waals surface area contributed by atoms with E-state index in [9.17, 15) is 4.79 Å². The zero-order valence-corrected chi connectivity index (χ0v) is 11.8. The Morgan fingerprint density at radius 2 is 1.94 bits per heavy atom. The molecule has 0 unspecified atom stereocenters. The summed E-state index contributed by atoms with van der Waals surface area (Å²) in [6.07, 6.45) is 0. The molecule has 0 aliphatic heterocycles. The second-order valence-corrected chi connectivity index (χ2v) is 4.94. The van der Waals surface area contributed by atoms with Gasteiger partial charge in [-0.3, -0.25) is 4.79 Å². The molecule has 0 bridgehead atoms. The molecule has 0 aliphatic carbocycles. The monoisotopic (exact) mass is 304 g/mol. The Bertz CT molecular complexity index is 591. The molecule has 0 aromatic heterocycles. The fourth-order valence-corrected chi connectivity index (χ4v) is 2.20. The maximum Gasteiger partial charge on any atom is 0.193 e. The van der Waals surface area contributed by atoms with Crippen LogP contribution >= 0.6 is 15.9 Å². The summed E-state index contributed by atoms with van der Waals surface area (Å²) in [5, 5.41) is 0. The van der Waals surface area contributed by atoms with Gasteiger partial charge in [0.1, 0.15) is 5.75 Å². The maximum absolute atomic E-state index is 12.4. The van der Waals surface area contributed by atoms with Crippen LogP contribution in [0.15, 0.2) is 46.9 Å². The van der Waals surface area contributed by atoms with E-state index in [0.717, 1.165) is 15.8 Å². The third-order valence-electron chi connectivity index (χ3n) is 2.77. The number of rotatable bonds is 3. The maximum atomic E-state index is 12.4. The van der Waals surface area contributed by atoms with Crippen molar-refractivity contribution >= 4 is 21.7 Å². The Balaban J connectivity index is 2.40. The van der Waals surface area contributed by atoms with Crippen molar-refractivity contribution in [2.45, 2.75) is 6.92 Å². The Hall–Kier alpha value is -1.61. The molecule has 2 rings (SSSR count). The van der Waals surface area contributed by atoms with E-state index in [1.54, 1.807) is 19.2 Å². The molecule has 0 atom stereocenters. The van der Waals surface area contributed by atoms with Gasteiger partial charge in [-0.05, 0) is 42.8 Å². The second kappa shape index (κ2) is 5.36. The van der Waals surface area contributed by atoms with Crippen molar-refractivity contribution in [2.75, 3.05) is 7.11 Å². The molecule has 0 N–H and O–H groups in total. The number of methoxy groups -OCH3 is 1. The van der Waals surface area contributed by atoms with Gasteiger partial charge in [0.2, 0.25) is 0 Å². The van der Waals surface area contributed by atoms with Gasteiger partial charge < -0.3 is 4.74 Å². The minimum atomic E-state index is 0.0245. The first-order valence-electron chi connectivity index (χ1n) is 5.56. The van der Waals surface area contributed by atoms with E-state index in [0.29, 0.717) is 11.1 Å². The minimum Gasteiger partial charge on any atom is -0.497 e. The predicted molar refractivity (Wildman–Crippen MR) is 75.3 cm³/mol. The normalized spacial score (nSPS) is 10.2. The third-order valence-corrected chi connectivity index (χ3v) is 3.26. The van der Waals surface area contributed by atoms with E-state index in [4.69, 9.17) is 4.74 Å². The largest absolute Gasteiger partial charge is 0.497 e. The van der Waals surface area contributed by atoms with Crippen LogP contribution in [0.2, 0.25) is 0 Å². The highest BCUT2D eigenvalue weighted by Crippen LogP contribution is 2.21. The van der Waals surface area contributed by atoms with E-state index in [-0.39, 0.29) is 5.78 Å². The smallest absolute Gasteiger partial charge is 0.193 e. The van der Waals surface area contributed by atoms with Crippen LogP contribution in [-0.4, -0.2) is 12.9 Å². The average molecular weight is 305 g/mol. The zero-order valence-electron chi connectivity index (χ0n) is 10.2. The molecule has 18 heavy (non-hydrogen) atoms. The number of aryl methyl sites for hydroxylation is 1. The average Bonchev–Trinajstić information content (AvgIpc) is 2.37. The fraction of sp³-hybridized carbons (Fsp3) is 0.133. The van der Waals surface area contributed by atoms with Gasteiger partial charge in [-0.15, -0.1) is 0 Å². The Labute approximate surface area is 115 Å². The van der Waals surface area contributed by atoms with Crippen LogP contribution in [0, 0.1) is 6.92 Å². The van der Waals surface area contributed by atoms with Crippen molar-refractivity contribution in [3.8, 4) is 5.75 Å². The molecule has 0 heterocycles. The number of hydrogen-bond donors (Lipinski definition) is 0. The van der Waals surface area contributed by atoms with Gasteiger partial charge in [0.05, 0.1) is 7.11 Å². The van der Waals surface area contributed by atoms with Gasteiger partial charge in [-0.1, -0.05) is 28.1 Å². The predicted octanol–water partition coefficient (Wildman–Crippen LogP) is 4.00. The molecule has 0 radical (unpaired) electrons. The minimum absolute atomic E-state index is 0.0245. The lowest BCUT2D eigenvalue weighted by atomic mass is 9.99. The molecule has 2 aromatic carbocycles. The molecule has 0 aliphatic rings. The summed E-state index contributed by atoms with van der Waals surface area (Å²) >= 11 is 3.37. The fourth-order valence-electron chi connectivity index (χ4n) is 1.80. The van der Waals surface area contributed by atoms with Crippen molar-refractivity contribution in [3.63, 3.8) is 0 Å². The number of carbonyl (C=O) groups is 1. The van der Waals surface area contributed by atoms with Gasteiger partial charge in [-0.2, -0.15) is 0 Å². The highest BCUT2D eigenvalue weighted by molar-refractivity contribution is 9.10. The highest BCUT2D eigenvalue weighted by atomic mass is 79.9. The van der Waals surface area contributed by atoms with E-state index < -0.39 is 0 Å². The first kappa shape index (κ1) is 12.8. The topological polar surface area (TPSA) is 26.3 Å². The third kappa shape index (κ3) is 2.62. The van der Waals surface area contributed by atoms with Crippen molar-refractivity contribution in [2.24, 2.45) is 0 Å². The Kier molecular flexibility index (Phi) is 3.82. The van der Waals surface area contributed by atoms with Crippen molar-refractivity contribution in [3.05, 3.63) is 63.6 Å². The Morgan fingerprint density at radius 1 is 1.17 bits per heavy atom. The van der Waals surface area contributed by atoms with Gasteiger partial charge in [0, 0.05) is 15.6 Å². The summed E-state index contributed by atoms with van der Waals surface area (Å²) in [5.41, 5.74) is 2.30. The van der Waals surface area contributed by atoms with Crippen LogP contribution in [0.5, 0.6) is 5.75 Å². The number of benzene rings is 2. The zero-order chi connectivity index (χ0) is 13.1.